The lowest BCUT2D eigenvalue weighted by Crippen LogP contribution is -2.24. The monoisotopic (exact) mass is 355 g/mol. The summed E-state index contributed by atoms with van der Waals surface area (Å²) in [6.45, 7) is 1.99. The molecule has 3 rings (SSSR count). The molecule has 0 atom stereocenters. The van der Waals surface area contributed by atoms with Crippen molar-refractivity contribution in [3.05, 3.63) is 35.5 Å². The number of carbonyl (C=O) groups excluding carboxylic acids is 1. The van der Waals surface area contributed by atoms with Crippen molar-refractivity contribution in [3.63, 3.8) is 0 Å². The molecule has 1 aliphatic carbocycles. The molecule has 1 aromatic carbocycles. The first kappa shape index (κ1) is 18.0. The molecule has 1 heterocycles. The third-order valence-electron chi connectivity index (χ3n) is 4.64. The molecule has 2 aromatic rings. The lowest BCUT2D eigenvalue weighted by atomic mass is 10.2. The van der Waals surface area contributed by atoms with E-state index in [1.165, 1.54) is 12.8 Å². The van der Waals surface area contributed by atoms with E-state index in [-0.39, 0.29) is 5.91 Å². The van der Waals surface area contributed by atoms with Crippen molar-refractivity contribution in [3.8, 4) is 5.75 Å². The summed E-state index contributed by atoms with van der Waals surface area (Å²) >= 11 is 0. The van der Waals surface area contributed by atoms with E-state index in [1.807, 2.05) is 25.1 Å². The number of aryl methyl sites for hydroxylation is 1. The van der Waals surface area contributed by atoms with E-state index >= 15 is 0 Å². The van der Waals surface area contributed by atoms with Gasteiger partial charge in [-0.3, -0.25) is 4.79 Å². The molecule has 0 saturated heterocycles. The van der Waals surface area contributed by atoms with Gasteiger partial charge in [0.2, 0.25) is 5.95 Å². The van der Waals surface area contributed by atoms with Crippen LogP contribution in [0.15, 0.2) is 24.4 Å². The fraction of sp³-hybridized carbons (Fsp3) is 0.421. The standard InChI is InChI=1S/C19H25N5O2/c1-12-10-14(26-3)8-9-16(12)23-19-21-11-15(18(25)20-2)17(24-19)22-13-6-4-5-7-13/h8-11,13H,4-7H2,1-3H3,(H,20,25)(H2,21,22,23,24). The van der Waals surface area contributed by atoms with Gasteiger partial charge in [-0.1, -0.05) is 12.8 Å². The number of hydrogen-bond donors (Lipinski definition) is 3. The van der Waals surface area contributed by atoms with E-state index in [0.717, 1.165) is 29.8 Å². The third-order valence-corrected chi connectivity index (χ3v) is 4.64. The Morgan fingerprint density at radius 3 is 2.69 bits per heavy atom. The lowest BCUT2D eigenvalue weighted by molar-refractivity contribution is 0.0963. The number of ether oxygens (including phenoxy) is 1. The number of methoxy groups -OCH3 is 1. The topological polar surface area (TPSA) is 88.2 Å². The molecule has 1 saturated carbocycles. The Morgan fingerprint density at radius 1 is 1.27 bits per heavy atom. The molecule has 3 N–H and O–H groups in total. The summed E-state index contributed by atoms with van der Waals surface area (Å²) in [4.78, 5) is 21.0. The van der Waals surface area contributed by atoms with E-state index in [0.29, 0.717) is 23.4 Å². The second-order valence-corrected chi connectivity index (χ2v) is 6.47. The van der Waals surface area contributed by atoms with Crippen molar-refractivity contribution < 1.29 is 9.53 Å². The second-order valence-electron chi connectivity index (χ2n) is 6.47. The zero-order valence-electron chi connectivity index (χ0n) is 15.4. The average Bonchev–Trinajstić information content (AvgIpc) is 3.16. The van der Waals surface area contributed by atoms with Gasteiger partial charge in [0.25, 0.3) is 5.91 Å². The molecule has 138 valence electrons. The number of nitrogens with zero attached hydrogens (tertiary/aromatic N) is 2. The van der Waals surface area contributed by atoms with Crippen LogP contribution in [0.2, 0.25) is 0 Å². The highest BCUT2D eigenvalue weighted by Crippen LogP contribution is 2.26. The first-order chi connectivity index (χ1) is 12.6. The number of nitrogens with one attached hydrogen (secondary N) is 3. The van der Waals surface area contributed by atoms with Crippen LogP contribution in [0.25, 0.3) is 0 Å². The van der Waals surface area contributed by atoms with Crippen molar-refractivity contribution in [1.29, 1.82) is 0 Å². The van der Waals surface area contributed by atoms with Crippen LogP contribution in [0.4, 0.5) is 17.5 Å². The molecule has 0 unspecified atom stereocenters. The Hall–Kier alpha value is -2.83. The van der Waals surface area contributed by atoms with E-state index in [1.54, 1.807) is 20.4 Å². The van der Waals surface area contributed by atoms with Crippen LogP contribution >= 0.6 is 0 Å². The Labute approximate surface area is 153 Å². The van der Waals surface area contributed by atoms with Crippen molar-refractivity contribution in [2.75, 3.05) is 24.8 Å². The predicted molar refractivity (Wildman–Crippen MR) is 102 cm³/mol. The van der Waals surface area contributed by atoms with Crippen LogP contribution in [0, 0.1) is 6.92 Å². The summed E-state index contributed by atoms with van der Waals surface area (Å²) in [5.41, 5.74) is 2.37. The molecule has 1 aromatic heterocycles. The van der Waals surface area contributed by atoms with Gasteiger partial charge in [-0.15, -0.1) is 0 Å². The zero-order chi connectivity index (χ0) is 18.5. The van der Waals surface area contributed by atoms with Crippen LogP contribution in [0.1, 0.15) is 41.6 Å². The summed E-state index contributed by atoms with van der Waals surface area (Å²) in [5, 5.41) is 9.28. The van der Waals surface area contributed by atoms with E-state index in [2.05, 4.69) is 25.9 Å². The maximum absolute atomic E-state index is 12.1. The van der Waals surface area contributed by atoms with Gasteiger partial charge in [-0.25, -0.2) is 4.98 Å². The predicted octanol–water partition coefficient (Wildman–Crippen LogP) is 3.25. The summed E-state index contributed by atoms with van der Waals surface area (Å²) in [6, 6.07) is 6.10. The molecule has 1 amide bonds. The molecule has 0 spiro atoms. The van der Waals surface area contributed by atoms with Crippen LogP contribution in [0.3, 0.4) is 0 Å². The number of benzene rings is 1. The molecule has 1 fully saturated rings. The van der Waals surface area contributed by atoms with Gasteiger partial charge in [0.05, 0.1) is 7.11 Å². The molecule has 0 aliphatic heterocycles. The van der Waals surface area contributed by atoms with Crippen molar-refractivity contribution in [1.82, 2.24) is 15.3 Å². The SMILES string of the molecule is CNC(=O)c1cnc(Nc2ccc(OC)cc2C)nc1NC1CCCC1. The summed E-state index contributed by atoms with van der Waals surface area (Å²) < 4.78 is 5.23. The number of anilines is 3. The van der Waals surface area contributed by atoms with Crippen molar-refractivity contribution >= 4 is 23.4 Å². The largest absolute Gasteiger partial charge is 0.497 e. The molecular weight excluding hydrogens is 330 g/mol. The minimum atomic E-state index is -0.197. The van der Waals surface area contributed by atoms with Gasteiger partial charge >= 0.3 is 0 Å². The maximum Gasteiger partial charge on any atom is 0.256 e. The third kappa shape index (κ3) is 4.04. The first-order valence-electron chi connectivity index (χ1n) is 8.88. The maximum atomic E-state index is 12.1. The van der Waals surface area contributed by atoms with Crippen molar-refractivity contribution in [2.45, 2.75) is 38.6 Å². The molecule has 0 radical (unpaired) electrons. The minimum Gasteiger partial charge on any atom is -0.497 e. The lowest BCUT2D eigenvalue weighted by Gasteiger charge is -2.17. The fourth-order valence-corrected chi connectivity index (χ4v) is 3.14. The smallest absolute Gasteiger partial charge is 0.256 e. The summed E-state index contributed by atoms with van der Waals surface area (Å²) in [6.07, 6.45) is 6.15. The molecule has 7 heteroatoms. The fourth-order valence-electron chi connectivity index (χ4n) is 3.14. The second kappa shape index (κ2) is 8.03. The summed E-state index contributed by atoms with van der Waals surface area (Å²) in [7, 11) is 3.25. The number of carbonyl (C=O) groups is 1. The highest BCUT2D eigenvalue weighted by Gasteiger charge is 2.20. The van der Waals surface area contributed by atoms with E-state index in [4.69, 9.17) is 4.74 Å². The average molecular weight is 355 g/mol. The number of hydrogen-bond acceptors (Lipinski definition) is 6. The minimum absolute atomic E-state index is 0.197. The van der Waals surface area contributed by atoms with Crippen LogP contribution in [0.5, 0.6) is 5.75 Å². The van der Waals surface area contributed by atoms with Gasteiger partial charge in [0, 0.05) is 25.0 Å². The Balaban J connectivity index is 1.86. The van der Waals surface area contributed by atoms with Gasteiger partial charge in [0.1, 0.15) is 17.1 Å². The quantitative estimate of drug-likeness (QED) is 0.737. The molecule has 0 bridgehead atoms. The Bertz CT molecular complexity index is 787. The number of rotatable bonds is 6. The first-order valence-corrected chi connectivity index (χ1v) is 8.88. The van der Waals surface area contributed by atoms with Gasteiger partial charge in [0.15, 0.2) is 0 Å². The Morgan fingerprint density at radius 2 is 2.04 bits per heavy atom. The number of amides is 1. The van der Waals surface area contributed by atoms with Crippen LogP contribution in [-0.2, 0) is 0 Å². The van der Waals surface area contributed by atoms with Crippen LogP contribution in [-0.4, -0.2) is 36.1 Å². The van der Waals surface area contributed by atoms with Gasteiger partial charge in [-0.2, -0.15) is 4.98 Å². The van der Waals surface area contributed by atoms with Crippen molar-refractivity contribution in [2.24, 2.45) is 0 Å². The van der Waals surface area contributed by atoms with E-state index < -0.39 is 0 Å². The van der Waals surface area contributed by atoms with Crippen LogP contribution < -0.4 is 20.7 Å². The molecule has 7 nitrogen and oxygen atoms in total. The molecular formula is C19H25N5O2. The summed E-state index contributed by atoms with van der Waals surface area (Å²) in [5.74, 6) is 1.62. The normalized spacial score (nSPS) is 14.1. The highest BCUT2D eigenvalue weighted by molar-refractivity contribution is 5.98. The van der Waals surface area contributed by atoms with E-state index in [9.17, 15) is 4.79 Å². The molecule has 1 aliphatic rings. The van der Waals surface area contributed by atoms with Gasteiger partial charge in [-0.05, 0) is 43.5 Å². The zero-order valence-corrected chi connectivity index (χ0v) is 15.4. The molecule has 26 heavy (non-hydrogen) atoms. The van der Waals surface area contributed by atoms with Gasteiger partial charge < -0.3 is 20.7 Å². The highest BCUT2D eigenvalue weighted by atomic mass is 16.5. The Kier molecular flexibility index (Phi) is 5.55. The number of aromatic nitrogens is 2.